The van der Waals surface area contributed by atoms with Gasteiger partial charge in [0.15, 0.2) is 0 Å². The van der Waals surface area contributed by atoms with Gasteiger partial charge in [0.05, 0.1) is 22.3 Å². The Kier molecular flexibility index (Phi) is 6.41. The molecular formula is C10H12Cl2F2N2O3S. The Labute approximate surface area is 125 Å². The van der Waals surface area contributed by atoms with Crippen molar-refractivity contribution in [1.29, 1.82) is 0 Å². The summed E-state index contributed by atoms with van der Waals surface area (Å²) in [5.74, 6) is 0. The molecule has 1 aromatic carbocycles. The Balaban J connectivity index is 2.68. The highest BCUT2D eigenvalue weighted by atomic mass is 35.5. The van der Waals surface area contributed by atoms with Crippen LogP contribution in [0.3, 0.4) is 0 Å². The van der Waals surface area contributed by atoms with Crippen LogP contribution in [0.15, 0.2) is 17.0 Å². The molecule has 1 aromatic rings. The van der Waals surface area contributed by atoms with Crippen LogP contribution in [-0.2, 0) is 14.8 Å². The predicted octanol–water partition coefficient (Wildman–Crippen LogP) is 2.14. The van der Waals surface area contributed by atoms with Crippen LogP contribution in [0, 0.1) is 0 Å². The van der Waals surface area contributed by atoms with E-state index in [2.05, 4.69) is 9.46 Å². The van der Waals surface area contributed by atoms with Gasteiger partial charge in [0.25, 0.3) is 6.43 Å². The third-order valence-electron chi connectivity index (χ3n) is 2.16. The molecule has 114 valence electrons. The van der Waals surface area contributed by atoms with Crippen molar-refractivity contribution in [3.63, 3.8) is 0 Å². The summed E-state index contributed by atoms with van der Waals surface area (Å²) < 4.78 is 54.1. The molecule has 3 N–H and O–H groups in total. The Morgan fingerprint density at radius 3 is 2.60 bits per heavy atom. The topological polar surface area (TPSA) is 81.4 Å². The summed E-state index contributed by atoms with van der Waals surface area (Å²) in [5.41, 5.74) is 5.47. The van der Waals surface area contributed by atoms with Gasteiger partial charge in [-0.3, -0.25) is 0 Å². The van der Waals surface area contributed by atoms with Crippen LogP contribution < -0.4 is 10.5 Å². The van der Waals surface area contributed by atoms with Crippen molar-refractivity contribution in [1.82, 2.24) is 4.72 Å². The van der Waals surface area contributed by atoms with Gasteiger partial charge in [0.1, 0.15) is 11.5 Å². The fourth-order valence-electron chi connectivity index (χ4n) is 1.26. The number of ether oxygens (including phenoxy) is 1. The molecule has 0 aromatic heterocycles. The molecule has 1 rings (SSSR count). The van der Waals surface area contributed by atoms with Crippen molar-refractivity contribution in [3.8, 4) is 0 Å². The molecule has 10 heteroatoms. The Morgan fingerprint density at radius 2 is 2.00 bits per heavy atom. The number of rotatable bonds is 7. The number of alkyl halides is 2. The van der Waals surface area contributed by atoms with Crippen LogP contribution >= 0.6 is 23.2 Å². The molecule has 20 heavy (non-hydrogen) atoms. The number of sulfonamides is 1. The van der Waals surface area contributed by atoms with Crippen LogP contribution in [0.4, 0.5) is 14.5 Å². The Morgan fingerprint density at radius 1 is 1.35 bits per heavy atom. The molecule has 0 bridgehead atoms. The summed E-state index contributed by atoms with van der Waals surface area (Å²) in [5, 5.41) is -0.0623. The van der Waals surface area contributed by atoms with E-state index in [1.165, 1.54) is 12.1 Å². The van der Waals surface area contributed by atoms with Gasteiger partial charge in [0.2, 0.25) is 10.0 Å². The number of hydrogen-bond donors (Lipinski definition) is 2. The van der Waals surface area contributed by atoms with Crippen molar-refractivity contribution in [2.24, 2.45) is 0 Å². The van der Waals surface area contributed by atoms with E-state index in [1.807, 2.05) is 0 Å². The molecule has 0 unspecified atom stereocenters. The molecule has 0 atom stereocenters. The van der Waals surface area contributed by atoms with Crippen LogP contribution in [-0.4, -0.2) is 34.6 Å². The number of nitrogens with one attached hydrogen (secondary N) is 1. The molecule has 0 aliphatic rings. The van der Waals surface area contributed by atoms with Crippen LogP contribution in [0.2, 0.25) is 10.0 Å². The monoisotopic (exact) mass is 348 g/mol. The maximum absolute atomic E-state index is 11.9. The first-order valence-electron chi connectivity index (χ1n) is 5.34. The number of hydrogen-bond acceptors (Lipinski definition) is 4. The van der Waals surface area contributed by atoms with Crippen molar-refractivity contribution in [3.05, 3.63) is 22.2 Å². The number of nitrogen functional groups attached to an aromatic ring is 1. The first-order valence-corrected chi connectivity index (χ1v) is 7.58. The third kappa shape index (κ3) is 4.71. The average molecular weight is 349 g/mol. The lowest BCUT2D eigenvalue weighted by molar-refractivity contribution is 0.0199. The normalized spacial score (nSPS) is 12.1. The number of anilines is 1. The van der Waals surface area contributed by atoms with Gasteiger partial charge in [-0.15, -0.1) is 0 Å². The predicted molar refractivity (Wildman–Crippen MR) is 72.9 cm³/mol. The van der Waals surface area contributed by atoms with E-state index in [0.717, 1.165) is 0 Å². The second-order valence-corrected chi connectivity index (χ2v) is 6.16. The van der Waals surface area contributed by atoms with Crippen molar-refractivity contribution < 1.29 is 21.9 Å². The number of halogens is 4. The zero-order chi connectivity index (χ0) is 15.3. The molecule has 0 aliphatic heterocycles. The summed E-state index contributed by atoms with van der Waals surface area (Å²) in [6.07, 6.45) is -2.60. The zero-order valence-corrected chi connectivity index (χ0v) is 12.4. The quantitative estimate of drug-likeness (QED) is 0.584. The molecule has 0 aliphatic carbocycles. The van der Waals surface area contributed by atoms with Crippen LogP contribution in [0.5, 0.6) is 0 Å². The van der Waals surface area contributed by atoms with Gasteiger partial charge in [0, 0.05) is 6.54 Å². The third-order valence-corrected chi connectivity index (χ3v) is 4.52. The van der Waals surface area contributed by atoms with E-state index in [1.54, 1.807) is 0 Å². The molecule has 0 spiro atoms. The SMILES string of the molecule is Nc1c(Cl)ccc(S(=O)(=O)NCCOCC(F)F)c1Cl. The average Bonchev–Trinajstić information content (AvgIpc) is 2.34. The molecule has 0 saturated carbocycles. The largest absolute Gasteiger partial charge is 0.396 e. The van der Waals surface area contributed by atoms with Crippen LogP contribution in [0.1, 0.15) is 0 Å². The maximum Gasteiger partial charge on any atom is 0.261 e. The minimum absolute atomic E-state index is 0.0508. The van der Waals surface area contributed by atoms with Crippen LogP contribution in [0.25, 0.3) is 0 Å². The van der Waals surface area contributed by atoms with Gasteiger partial charge in [-0.25, -0.2) is 21.9 Å². The van der Waals surface area contributed by atoms with E-state index in [9.17, 15) is 17.2 Å². The second kappa shape index (κ2) is 7.37. The Hall–Kier alpha value is -0.670. The first-order chi connectivity index (χ1) is 9.25. The lowest BCUT2D eigenvalue weighted by Gasteiger charge is -2.10. The highest BCUT2D eigenvalue weighted by molar-refractivity contribution is 7.89. The summed E-state index contributed by atoms with van der Waals surface area (Å²) in [6, 6.07) is 2.49. The number of nitrogens with two attached hydrogens (primary N) is 1. The van der Waals surface area contributed by atoms with Gasteiger partial charge in [-0.2, -0.15) is 0 Å². The van der Waals surface area contributed by atoms with E-state index < -0.39 is 23.1 Å². The summed E-state index contributed by atoms with van der Waals surface area (Å²) >= 11 is 11.5. The molecule has 0 heterocycles. The summed E-state index contributed by atoms with van der Waals surface area (Å²) in [6.45, 7) is -1.12. The highest BCUT2D eigenvalue weighted by Gasteiger charge is 2.20. The highest BCUT2D eigenvalue weighted by Crippen LogP contribution is 2.32. The van der Waals surface area contributed by atoms with Crippen molar-refractivity contribution in [2.45, 2.75) is 11.3 Å². The summed E-state index contributed by atoms with van der Waals surface area (Å²) in [7, 11) is -3.92. The van der Waals surface area contributed by atoms with E-state index in [-0.39, 0.29) is 33.8 Å². The smallest absolute Gasteiger partial charge is 0.261 e. The van der Waals surface area contributed by atoms with Gasteiger partial charge >= 0.3 is 0 Å². The molecule has 0 fully saturated rings. The van der Waals surface area contributed by atoms with Crippen molar-refractivity contribution in [2.75, 3.05) is 25.5 Å². The summed E-state index contributed by atoms with van der Waals surface area (Å²) in [4.78, 5) is -0.241. The van der Waals surface area contributed by atoms with E-state index in [0.29, 0.717) is 0 Å². The maximum atomic E-state index is 11.9. The fourth-order valence-corrected chi connectivity index (χ4v) is 3.03. The lowest BCUT2D eigenvalue weighted by atomic mass is 10.3. The van der Waals surface area contributed by atoms with Crippen molar-refractivity contribution >= 4 is 38.9 Å². The standard InChI is InChI=1S/C10H12Cl2F2N2O3S/c11-6-1-2-7(9(12)10(6)15)20(17,18)16-3-4-19-5-8(13)14/h1-2,8,16H,3-5,15H2. The molecule has 5 nitrogen and oxygen atoms in total. The Bertz CT molecular complexity index is 570. The molecular weight excluding hydrogens is 337 g/mol. The van der Waals surface area contributed by atoms with Gasteiger partial charge in [-0.05, 0) is 12.1 Å². The fraction of sp³-hybridized carbons (Fsp3) is 0.400. The molecule has 0 saturated heterocycles. The van der Waals surface area contributed by atoms with Gasteiger partial charge in [-0.1, -0.05) is 23.2 Å². The minimum atomic E-state index is -3.92. The first kappa shape index (κ1) is 17.4. The molecule has 0 radical (unpaired) electrons. The minimum Gasteiger partial charge on any atom is -0.396 e. The lowest BCUT2D eigenvalue weighted by Crippen LogP contribution is -2.28. The molecule has 0 amide bonds. The number of benzene rings is 1. The zero-order valence-electron chi connectivity index (χ0n) is 10.1. The van der Waals surface area contributed by atoms with E-state index in [4.69, 9.17) is 28.9 Å². The van der Waals surface area contributed by atoms with Gasteiger partial charge < -0.3 is 10.5 Å². The second-order valence-electron chi connectivity index (χ2n) is 3.64. The van der Waals surface area contributed by atoms with E-state index >= 15 is 0 Å².